The quantitative estimate of drug-likeness (QED) is 0.907. The lowest BCUT2D eigenvalue weighted by molar-refractivity contribution is -0.136. The maximum Gasteiger partial charge on any atom is 0.309 e. The Labute approximate surface area is 115 Å². The lowest BCUT2D eigenvalue weighted by atomic mass is 10.2. The Morgan fingerprint density at radius 1 is 1.35 bits per heavy atom. The van der Waals surface area contributed by atoms with E-state index in [9.17, 15) is 18.4 Å². The van der Waals surface area contributed by atoms with Crippen molar-refractivity contribution in [1.29, 1.82) is 0 Å². The van der Waals surface area contributed by atoms with Gasteiger partial charge in [-0.3, -0.25) is 14.9 Å². The number of benzene rings is 1. The van der Waals surface area contributed by atoms with Crippen LogP contribution in [0.25, 0.3) is 0 Å². The van der Waals surface area contributed by atoms with Crippen molar-refractivity contribution in [1.82, 2.24) is 4.98 Å². The molecule has 2 aromatic rings. The lowest BCUT2D eigenvalue weighted by Gasteiger charge is -2.03. The normalized spacial score (nSPS) is 10.3. The first-order chi connectivity index (χ1) is 9.45. The Morgan fingerprint density at radius 3 is 2.80 bits per heavy atom. The topological polar surface area (TPSA) is 79.3 Å². The summed E-state index contributed by atoms with van der Waals surface area (Å²) in [5.41, 5.74) is -0.169. The Balaban J connectivity index is 2.13. The van der Waals surface area contributed by atoms with Gasteiger partial charge in [0, 0.05) is 5.38 Å². The molecule has 1 heterocycles. The van der Waals surface area contributed by atoms with Crippen molar-refractivity contribution >= 4 is 28.3 Å². The van der Waals surface area contributed by atoms with Crippen LogP contribution in [0.4, 0.5) is 13.9 Å². The van der Waals surface area contributed by atoms with Gasteiger partial charge in [-0.2, -0.15) is 0 Å². The summed E-state index contributed by atoms with van der Waals surface area (Å²) in [5.74, 6) is -3.49. The summed E-state index contributed by atoms with van der Waals surface area (Å²) in [4.78, 5) is 26.1. The number of nitrogens with zero attached hydrogens (tertiary/aromatic N) is 1. The predicted molar refractivity (Wildman–Crippen MR) is 67.8 cm³/mol. The highest BCUT2D eigenvalue weighted by Crippen LogP contribution is 2.18. The third-order valence-corrected chi connectivity index (χ3v) is 3.08. The van der Waals surface area contributed by atoms with Crippen molar-refractivity contribution in [2.75, 3.05) is 5.32 Å². The molecule has 20 heavy (non-hydrogen) atoms. The van der Waals surface area contributed by atoms with Gasteiger partial charge in [-0.05, 0) is 18.2 Å². The number of hydrogen-bond acceptors (Lipinski definition) is 4. The number of carboxylic acids is 1. The van der Waals surface area contributed by atoms with Crippen LogP contribution < -0.4 is 5.32 Å². The van der Waals surface area contributed by atoms with Crippen molar-refractivity contribution in [2.24, 2.45) is 0 Å². The minimum absolute atomic E-state index is 0.120. The zero-order chi connectivity index (χ0) is 14.7. The number of thiazole rings is 1. The van der Waals surface area contributed by atoms with Gasteiger partial charge in [0.25, 0.3) is 5.91 Å². The van der Waals surface area contributed by atoms with Crippen molar-refractivity contribution < 1.29 is 23.5 Å². The standard InChI is InChI=1S/C12H8F2N2O3S/c13-6-1-2-9(14)8(3-6)11(19)16-12-15-7(5-20-12)4-10(17)18/h1-3,5H,4H2,(H,17,18)(H,15,16,19). The Morgan fingerprint density at radius 2 is 2.10 bits per heavy atom. The monoisotopic (exact) mass is 298 g/mol. The van der Waals surface area contributed by atoms with Crippen molar-refractivity contribution in [2.45, 2.75) is 6.42 Å². The highest BCUT2D eigenvalue weighted by atomic mass is 32.1. The van der Waals surface area contributed by atoms with E-state index in [1.165, 1.54) is 5.38 Å². The molecule has 0 aliphatic carbocycles. The van der Waals surface area contributed by atoms with Crippen LogP contribution in [0.15, 0.2) is 23.6 Å². The van der Waals surface area contributed by atoms with Gasteiger partial charge in [0.1, 0.15) is 11.6 Å². The van der Waals surface area contributed by atoms with E-state index in [0.29, 0.717) is 0 Å². The number of aliphatic carboxylic acids is 1. The zero-order valence-electron chi connectivity index (χ0n) is 9.89. The van der Waals surface area contributed by atoms with Gasteiger partial charge >= 0.3 is 5.97 Å². The Bertz CT molecular complexity index is 672. The van der Waals surface area contributed by atoms with Crippen LogP contribution in [-0.4, -0.2) is 22.0 Å². The second kappa shape index (κ2) is 5.74. The van der Waals surface area contributed by atoms with Gasteiger partial charge in [-0.25, -0.2) is 13.8 Å². The van der Waals surface area contributed by atoms with Crippen LogP contribution in [0.3, 0.4) is 0 Å². The summed E-state index contributed by atoms with van der Waals surface area (Å²) in [7, 11) is 0. The highest BCUT2D eigenvalue weighted by Gasteiger charge is 2.15. The number of amides is 1. The largest absolute Gasteiger partial charge is 0.481 e. The van der Waals surface area contributed by atoms with Gasteiger partial charge in [0.2, 0.25) is 0 Å². The fourth-order valence-electron chi connectivity index (χ4n) is 1.44. The molecule has 0 saturated heterocycles. The number of halogens is 2. The summed E-state index contributed by atoms with van der Waals surface area (Å²) in [6.45, 7) is 0. The molecular weight excluding hydrogens is 290 g/mol. The zero-order valence-corrected chi connectivity index (χ0v) is 10.7. The molecule has 0 unspecified atom stereocenters. The summed E-state index contributed by atoms with van der Waals surface area (Å²) in [6, 6.07) is 2.53. The first-order valence-corrected chi connectivity index (χ1v) is 6.26. The smallest absolute Gasteiger partial charge is 0.309 e. The van der Waals surface area contributed by atoms with E-state index in [4.69, 9.17) is 5.11 Å². The molecule has 0 aliphatic rings. The fraction of sp³-hybridized carbons (Fsp3) is 0.0833. The summed E-state index contributed by atoms with van der Waals surface area (Å²) in [5, 5.41) is 12.5. The molecule has 0 spiro atoms. The SMILES string of the molecule is O=C(O)Cc1csc(NC(=O)c2cc(F)ccc2F)n1. The molecular formula is C12H8F2N2O3S. The minimum Gasteiger partial charge on any atom is -0.481 e. The van der Waals surface area contributed by atoms with E-state index in [2.05, 4.69) is 10.3 Å². The maximum absolute atomic E-state index is 13.4. The molecule has 1 amide bonds. The molecule has 104 valence electrons. The number of hydrogen-bond donors (Lipinski definition) is 2. The first kappa shape index (κ1) is 14.1. The van der Waals surface area contributed by atoms with Gasteiger partial charge in [-0.15, -0.1) is 11.3 Å². The fourth-order valence-corrected chi connectivity index (χ4v) is 2.14. The molecule has 2 rings (SSSR count). The van der Waals surface area contributed by atoms with Gasteiger partial charge in [0.05, 0.1) is 17.7 Å². The molecule has 1 aromatic heterocycles. The van der Waals surface area contributed by atoms with Crippen LogP contribution in [0.1, 0.15) is 16.1 Å². The molecule has 2 N–H and O–H groups in total. The summed E-state index contributed by atoms with van der Waals surface area (Å²) >= 11 is 1.00. The van der Waals surface area contributed by atoms with Crippen molar-refractivity contribution in [3.05, 3.63) is 46.5 Å². The number of carboxylic acid groups (broad SMARTS) is 1. The van der Waals surface area contributed by atoms with E-state index >= 15 is 0 Å². The molecule has 1 aromatic carbocycles. The Hall–Kier alpha value is -2.35. The second-order valence-electron chi connectivity index (χ2n) is 3.79. The van der Waals surface area contributed by atoms with Gasteiger partial charge < -0.3 is 5.11 Å². The van der Waals surface area contributed by atoms with Crippen LogP contribution in [0.5, 0.6) is 0 Å². The third kappa shape index (κ3) is 3.35. The maximum atomic E-state index is 13.4. The van der Waals surface area contributed by atoms with Crippen LogP contribution in [0.2, 0.25) is 0 Å². The number of aromatic nitrogens is 1. The molecule has 8 heteroatoms. The number of carbonyl (C=O) groups is 2. The lowest BCUT2D eigenvalue weighted by Crippen LogP contribution is -2.14. The van der Waals surface area contributed by atoms with Gasteiger partial charge in [-0.1, -0.05) is 0 Å². The number of anilines is 1. The van der Waals surface area contributed by atoms with E-state index < -0.39 is 29.1 Å². The predicted octanol–water partition coefficient (Wildman–Crippen LogP) is 2.30. The number of rotatable bonds is 4. The Kier molecular flexibility index (Phi) is 4.04. The van der Waals surface area contributed by atoms with E-state index in [1.54, 1.807) is 0 Å². The van der Waals surface area contributed by atoms with Crippen LogP contribution in [-0.2, 0) is 11.2 Å². The van der Waals surface area contributed by atoms with E-state index in [-0.39, 0.29) is 17.2 Å². The number of carbonyl (C=O) groups excluding carboxylic acids is 1. The summed E-state index contributed by atoms with van der Waals surface area (Å²) in [6.07, 6.45) is -0.277. The second-order valence-corrected chi connectivity index (χ2v) is 4.65. The third-order valence-electron chi connectivity index (χ3n) is 2.28. The molecule has 0 aliphatic heterocycles. The molecule has 0 atom stereocenters. The highest BCUT2D eigenvalue weighted by molar-refractivity contribution is 7.14. The minimum atomic E-state index is -1.05. The van der Waals surface area contributed by atoms with Crippen LogP contribution >= 0.6 is 11.3 Å². The summed E-state index contributed by atoms with van der Waals surface area (Å²) < 4.78 is 26.3. The average molecular weight is 298 g/mol. The first-order valence-electron chi connectivity index (χ1n) is 5.38. The van der Waals surface area contributed by atoms with Gasteiger partial charge in [0.15, 0.2) is 5.13 Å². The van der Waals surface area contributed by atoms with Crippen LogP contribution in [0, 0.1) is 11.6 Å². The molecule has 0 saturated carbocycles. The van der Waals surface area contributed by atoms with Crippen molar-refractivity contribution in [3.8, 4) is 0 Å². The van der Waals surface area contributed by atoms with E-state index in [1.807, 2.05) is 0 Å². The van der Waals surface area contributed by atoms with E-state index in [0.717, 1.165) is 29.5 Å². The molecule has 5 nitrogen and oxygen atoms in total. The molecule has 0 bridgehead atoms. The van der Waals surface area contributed by atoms with Crippen molar-refractivity contribution in [3.63, 3.8) is 0 Å². The molecule has 0 radical (unpaired) electrons. The number of nitrogens with one attached hydrogen (secondary N) is 1. The molecule has 0 fully saturated rings. The average Bonchev–Trinajstić information content (AvgIpc) is 2.78.